The number of hydrogen-bond acceptors (Lipinski definition) is 5. The Hall–Kier alpha value is -2.76. The highest BCUT2D eigenvalue weighted by atomic mass is 16.6. The van der Waals surface area contributed by atoms with Crippen LogP contribution in [0.25, 0.3) is 0 Å². The number of benzene rings is 2. The number of nitrogens with zero attached hydrogens (tertiary/aromatic N) is 1. The van der Waals surface area contributed by atoms with Crippen molar-refractivity contribution in [1.29, 1.82) is 0 Å². The summed E-state index contributed by atoms with van der Waals surface area (Å²) in [5, 5.41) is 11.0. The monoisotopic (exact) mass is 288 g/mol. The maximum atomic E-state index is 11.0. The molecule has 0 radical (unpaired) electrons. The van der Waals surface area contributed by atoms with Gasteiger partial charge in [-0.3, -0.25) is 10.1 Å². The van der Waals surface area contributed by atoms with Crippen LogP contribution in [0.1, 0.15) is 13.8 Å². The minimum Gasteiger partial charge on any atom is -0.484 e. The molecule has 2 aromatic carbocycles. The summed E-state index contributed by atoms with van der Waals surface area (Å²) in [6.07, 6.45) is -0.180. The first-order chi connectivity index (χ1) is 9.97. The van der Waals surface area contributed by atoms with Crippen LogP contribution in [0.2, 0.25) is 0 Å². The van der Waals surface area contributed by atoms with E-state index in [0.29, 0.717) is 17.2 Å². The summed E-state index contributed by atoms with van der Waals surface area (Å²) in [7, 11) is 0. The lowest BCUT2D eigenvalue weighted by Crippen LogP contribution is -2.07. The van der Waals surface area contributed by atoms with E-state index in [0.717, 1.165) is 0 Å². The molecule has 110 valence electrons. The summed E-state index contributed by atoms with van der Waals surface area (Å²) in [6, 6.07) is 11.4. The number of anilines is 1. The van der Waals surface area contributed by atoms with Crippen molar-refractivity contribution in [2.24, 2.45) is 0 Å². The zero-order valence-corrected chi connectivity index (χ0v) is 11.8. The quantitative estimate of drug-likeness (QED) is 0.514. The Morgan fingerprint density at radius 1 is 1.14 bits per heavy atom. The van der Waals surface area contributed by atoms with E-state index in [9.17, 15) is 10.1 Å². The zero-order valence-electron chi connectivity index (χ0n) is 11.8. The van der Waals surface area contributed by atoms with Crippen LogP contribution in [-0.4, -0.2) is 11.0 Å². The highest BCUT2D eigenvalue weighted by Gasteiger charge is 2.17. The average Bonchev–Trinajstić information content (AvgIpc) is 2.40. The number of nitro benzene ring substituents is 1. The fourth-order valence-electron chi connectivity index (χ4n) is 1.76. The second kappa shape index (κ2) is 6.13. The number of nitrogen functional groups attached to an aromatic ring is 1. The molecular weight excluding hydrogens is 272 g/mol. The Morgan fingerprint density at radius 2 is 1.86 bits per heavy atom. The molecule has 0 unspecified atom stereocenters. The van der Waals surface area contributed by atoms with Gasteiger partial charge in [-0.25, -0.2) is 0 Å². The van der Waals surface area contributed by atoms with Gasteiger partial charge in [-0.2, -0.15) is 0 Å². The third-order valence-corrected chi connectivity index (χ3v) is 2.64. The van der Waals surface area contributed by atoms with Crippen molar-refractivity contribution >= 4 is 11.4 Å². The molecule has 21 heavy (non-hydrogen) atoms. The minimum absolute atomic E-state index is 0.0999. The molecule has 2 rings (SSSR count). The van der Waals surface area contributed by atoms with Gasteiger partial charge in [0.25, 0.3) is 0 Å². The molecular formula is C15H16N2O4. The van der Waals surface area contributed by atoms with Gasteiger partial charge in [0.05, 0.1) is 16.7 Å². The molecule has 2 aromatic rings. The van der Waals surface area contributed by atoms with Crippen LogP contribution in [0.15, 0.2) is 42.5 Å². The topological polar surface area (TPSA) is 87.6 Å². The van der Waals surface area contributed by atoms with Gasteiger partial charge in [0.2, 0.25) is 5.75 Å². The first kappa shape index (κ1) is 14.6. The Balaban J connectivity index is 2.33. The van der Waals surface area contributed by atoms with Gasteiger partial charge in [0, 0.05) is 12.1 Å². The molecule has 0 aliphatic rings. The largest absolute Gasteiger partial charge is 0.484 e. The molecule has 0 fully saturated rings. The van der Waals surface area contributed by atoms with Crippen molar-refractivity contribution in [2.45, 2.75) is 20.0 Å². The van der Waals surface area contributed by atoms with Crippen LogP contribution < -0.4 is 15.2 Å². The summed E-state index contributed by atoms with van der Waals surface area (Å²) in [6.45, 7) is 3.60. The van der Waals surface area contributed by atoms with E-state index < -0.39 is 4.92 Å². The summed E-state index contributed by atoms with van der Waals surface area (Å²) in [5.41, 5.74) is 6.19. The molecule has 6 heteroatoms. The maximum absolute atomic E-state index is 11.0. The van der Waals surface area contributed by atoms with Gasteiger partial charge in [0.1, 0.15) is 11.5 Å². The van der Waals surface area contributed by atoms with Gasteiger partial charge in [-0.15, -0.1) is 0 Å². The number of ether oxygens (including phenoxy) is 2. The average molecular weight is 288 g/mol. The number of nitrogens with two attached hydrogens (primary N) is 1. The van der Waals surface area contributed by atoms with E-state index in [1.54, 1.807) is 38.1 Å². The van der Waals surface area contributed by atoms with Gasteiger partial charge >= 0.3 is 5.69 Å². The normalized spacial score (nSPS) is 10.4. The molecule has 0 atom stereocenters. The number of rotatable bonds is 5. The fraction of sp³-hybridized carbons (Fsp3) is 0.200. The molecule has 0 saturated carbocycles. The Bertz CT molecular complexity index is 656. The third-order valence-electron chi connectivity index (χ3n) is 2.64. The van der Waals surface area contributed by atoms with E-state index in [-0.39, 0.29) is 17.5 Å². The molecule has 0 aromatic heterocycles. The first-order valence-electron chi connectivity index (χ1n) is 6.45. The minimum atomic E-state index is -0.488. The smallest absolute Gasteiger partial charge is 0.311 e. The summed E-state index contributed by atoms with van der Waals surface area (Å²) in [5.74, 6) is 1.08. The maximum Gasteiger partial charge on any atom is 0.311 e. The predicted octanol–water partition coefficient (Wildman–Crippen LogP) is 3.76. The summed E-state index contributed by atoms with van der Waals surface area (Å²) >= 11 is 0. The van der Waals surface area contributed by atoms with Crippen LogP contribution in [-0.2, 0) is 0 Å². The number of para-hydroxylation sites is 2. The van der Waals surface area contributed by atoms with E-state index in [1.165, 1.54) is 18.2 Å². The Labute approximate surface area is 122 Å². The van der Waals surface area contributed by atoms with Crippen LogP contribution >= 0.6 is 0 Å². The molecule has 0 aliphatic heterocycles. The van der Waals surface area contributed by atoms with E-state index in [1.807, 2.05) is 0 Å². The lowest BCUT2D eigenvalue weighted by Gasteiger charge is -2.12. The summed E-state index contributed by atoms with van der Waals surface area (Å²) in [4.78, 5) is 10.5. The van der Waals surface area contributed by atoms with Crippen molar-refractivity contribution in [1.82, 2.24) is 0 Å². The second-order valence-electron chi connectivity index (χ2n) is 4.69. The molecule has 0 heterocycles. The Kier molecular flexibility index (Phi) is 4.27. The predicted molar refractivity (Wildman–Crippen MR) is 79.8 cm³/mol. The van der Waals surface area contributed by atoms with E-state index >= 15 is 0 Å². The van der Waals surface area contributed by atoms with Crippen LogP contribution in [0.4, 0.5) is 11.4 Å². The van der Waals surface area contributed by atoms with Crippen molar-refractivity contribution in [3.63, 3.8) is 0 Å². The lowest BCUT2D eigenvalue weighted by atomic mass is 10.2. The lowest BCUT2D eigenvalue weighted by molar-refractivity contribution is -0.386. The van der Waals surface area contributed by atoms with Crippen molar-refractivity contribution in [3.05, 3.63) is 52.6 Å². The standard InChI is InChI=1S/C15H16N2O4/c1-10(2)20-15-9-11(7-8-13(15)17(18)19)21-14-6-4-3-5-12(14)16/h3-10H,16H2,1-2H3. The zero-order chi connectivity index (χ0) is 15.4. The summed E-state index contributed by atoms with van der Waals surface area (Å²) < 4.78 is 11.1. The third kappa shape index (κ3) is 3.62. The van der Waals surface area contributed by atoms with Crippen LogP contribution in [0, 0.1) is 10.1 Å². The fourth-order valence-corrected chi connectivity index (χ4v) is 1.76. The number of hydrogen-bond donors (Lipinski definition) is 1. The molecule has 6 nitrogen and oxygen atoms in total. The van der Waals surface area contributed by atoms with Gasteiger partial charge in [0.15, 0.2) is 0 Å². The van der Waals surface area contributed by atoms with E-state index in [4.69, 9.17) is 15.2 Å². The molecule has 2 N–H and O–H groups in total. The first-order valence-corrected chi connectivity index (χ1v) is 6.45. The van der Waals surface area contributed by atoms with E-state index in [2.05, 4.69) is 0 Å². The SMILES string of the molecule is CC(C)Oc1cc(Oc2ccccc2N)ccc1[N+](=O)[O-]. The van der Waals surface area contributed by atoms with Crippen molar-refractivity contribution in [2.75, 3.05) is 5.73 Å². The second-order valence-corrected chi connectivity index (χ2v) is 4.69. The molecule has 0 aliphatic carbocycles. The van der Waals surface area contributed by atoms with Crippen LogP contribution in [0.5, 0.6) is 17.2 Å². The number of nitro groups is 1. The van der Waals surface area contributed by atoms with Crippen molar-refractivity contribution in [3.8, 4) is 17.2 Å². The molecule has 0 spiro atoms. The van der Waals surface area contributed by atoms with Crippen molar-refractivity contribution < 1.29 is 14.4 Å². The van der Waals surface area contributed by atoms with Crippen LogP contribution in [0.3, 0.4) is 0 Å². The van der Waals surface area contributed by atoms with Gasteiger partial charge < -0.3 is 15.2 Å². The molecule has 0 bridgehead atoms. The van der Waals surface area contributed by atoms with Gasteiger partial charge in [-0.1, -0.05) is 12.1 Å². The highest BCUT2D eigenvalue weighted by Crippen LogP contribution is 2.35. The Morgan fingerprint density at radius 3 is 2.48 bits per heavy atom. The van der Waals surface area contributed by atoms with Gasteiger partial charge in [-0.05, 0) is 32.0 Å². The molecule has 0 amide bonds. The molecule has 0 saturated heterocycles. The highest BCUT2D eigenvalue weighted by molar-refractivity contribution is 5.56.